The van der Waals surface area contributed by atoms with Crippen LogP contribution in [0.25, 0.3) is 10.9 Å². The summed E-state index contributed by atoms with van der Waals surface area (Å²) in [6.07, 6.45) is 0.785. The van der Waals surface area contributed by atoms with E-state index < -0.39 is 11.5 Å². The molecule has 124 valence electrons. The maximum atomic E-state index is 12.3. The summed E-state index contributed by atoms with van der Waals surface area (Å²) >= 11 is 7.74. The van der Waals surface area contributed by atoms with Crippen molar-refractivity contribution in [3.05, 3.63) is 61.5 Å². The third-order valence-corrected chi connectivity index (χ3v) is 4.79. The standard InChI is InChI=1S/C17H15ClN2O3S/c1-23-17(22)14-15(19-7-6-11-3-2-8-24-11)12-9-10(18)4-5-13(12)20-16(14)21/h2-5,8-9H,6-7H2,1H3,(H2,19,20,21). The van der Waals surface area contributed by atoms with Crippen molar-refractivity contribution < 1.29 is 9.53 Å². The Morgan fingerprint density at radius 2 is 2.21 bits per heavy atom. The summed E-state index contributed by atoms with van der Waals surface area (Å²) in [6.45, 7) is 0.579. The molecular formula is C17H15ClN2O3S. The van der Waals surface area contributed by atoms with Gasteiger partial charge in [0, 0.05) is 21.8 Å². The van der Waals surface area contributed by atoms with Crippen molar-refractivity contribution >= 4 is 45.5 Å². The fourth-order valence-corrected chi connectivity index (χ4v) is 3.39. The molecule has 0 aliphatic carbocycles. The van der Waals surface area contributed by atoms with E-state index in [2.05, 4.69) is 10.3 Å². The molecule has 2 aromatic heterocycles. The molecule has 0 amide bonds. The topological polar surface area (TPSA) is 71.2 Å². The van der Waals surface area contributed by atoms with Gasteiger partial charge in [-0.1, -0.05) is 17.7 Å². The Labute approximate surface area is 147 Å². The van der Waals surface area contributed by atoms with Gasteiger partial charge in [0.1, 0.15) is 5.56 Å². The average Bonchev–Trinajstić information content (AvgIpc) is 3.08. The first-order valence-electron chi connectivity index (χ1n) is 7.30. The van der Waals surface area contributed by atoms with Gasteiger partial charge < -0.3 is 15.0 Å². The van der Waals surface area contributed by atoms with Crippen molar-refractivity contribution in [1.82, 2.24) is 4.98 Å². The van der Waals surface area contributed by atoms with Crippen LogP contribution in [-0.4, -0.2) is 24.6 Å². The van der Waals surface area contributed by atoms with E-state index in [0.29, 0.717) is 28.2 Å². The molecule has 5 nitrogen and oxygen atoms in total. The predicted octanol–water partition coefficient (Wildman–Crippen LogP) is 3.68. The Kier molecular flexibility index (Phi) is 4.87. The molecule has 0 saturated carbocycles. The minimum atomic E-state index is -0.684. The summed E-state index contributed by atoms with van der Waals surface area (Å²) in [6, 6.07) is 9.15. The fourth-order valence-electron chi connectivity index (χ4n) is 2.51. The molecule has 1 aromatic carbocycles. The van der Waals surface area contributed by atoms with Gasteiger partial charge in [-0.05, 0) is 36.1 Å². The summed E-state index contributed by atoms with van der Waals surface area (Å²) in [5.41, 5.74) is 0.518. The predicted molar refractivity (Wildman–Crippen MR) is 97.4 cm³/mol. The molecule has 0 bridgehead atoms. The molecule has 3 aromatic rings. The highest BCUT2D eigenvalue weighted by atomic mass is 35.5. The van der Waals surface area contributed by atoms with Crippen LogP contribution >= 0.6 is 22.9 Å². The number of methoxy groups -OCH3 is 1. The number of nitrogens with one attached hydrogen (secondary N) is 2. The summed E-state index contributed by atoms with van der Waals surface area (Å²) in [5.74, 6) is -0.684. The number of pyridine rings is 1. The number of halogens is 1. The molecule has 24 heavy (non-hydrogen) atoms. The fraction of sp³-hybridized carbons (Fsp3) is 0.176. The number of anilines is 1. The average molecular weight is 363 g/mol. The van der Waals surface area contributed by atoms with E-state index in [1.807, 2.05) is 17.5 Å². The van der Waals surface area contributed by atoms with Crippen molar-refractivity contribution in [1.29, 1.82) is 0 Å². The van der Waals surface area contributed by atoms with E-state index in [9.17, 15) is 9.59 Å². The van der Waals surface area contributed by atoms with Crippen LogP contribution in [-0.2, 0) is 11.2 Å². The third kappa shape index (κ3) is 3.29. The number of thiophene rings is 1. The number of carbonyl (C=O) groups is 1. The van der Waals surface area contributed by atoms with Gasteiger partial charge in [-0.2, -0.15) is 0 Å². The van der Waals surface area contributed by atoms with Crippen LogP contribution in [0.1, 0.15) is 15.2 Å². The number of benzene rings is 1. The van der Waals surface area contributed by atoms with Crippen molar-refractivity contribution in [2.24, 2.45) is 0 Å². The van der Waals surface area contributed by atoms with Gasteiger partial charge in [-0.25, -0.2) is 4.79 Å². The second-order valence-electron chi connectivity index (χ2n) is 5.14. The number of aromatic nitrogens is 1. The lowest BCUT2D eigenvalue weighted by Gasteiger charge is -2.13. The Morgan fingerprint density at radius 3 is 2.92 bits per heavy atom. The smallest absolute Gasteiger partial charge is 0.345 e. The molecule has 0 saturated heterocycles. The quantitative estimate of drug-likeness (QED) is 0.679. The molecular weight excluding hydrogens is 348 g/mol. The van der Waals surface area contributed by atoms with Crippen LogP contribution in [0.3, 0.4) is 0 Å². The number of fused-ring (bicyclic) bond motifs is 1. The van der Waals surface area contributed by atoms with Gasteiger partial charge in [0.25, 0.3) is 5.56 Å². The number of esters is 1. The third-order valence-electron chi connectivity index (χ3n) is 3.62. The number of hydrogen-bond acceptors (Lipinski definition) is 5. The Morgan fingerprint density at radius 1 is 1.38 bits per heavy atom. The highest BCUT2D eigenvalue weighted by Crippen LogP contribution is 2.27. The zero-order valence-electron chi connectivity index (χ0n) is 12.9. The van der Waals surface area contributed by atoms with Crippen molar-refractivity contribution in [3.8, 4) is 0 Å². The lowest BCUT2D eigenvalue weighted by Crippen LogP contribution is -2.22. The lowest BCUT2D eigenvalue weighted by molar-refractivity contribution is 0.0600. The number of H-pyrrole nitrogens is 1. The van der Waals surface area contributed by atoms with Crippen LogP contribution in [0.2, 0.25) is 5.02 Å². The molecule has 2 N–H and O–H groups in total. The van der Waals surface area contributed by atoms with E-state index in [1.165, 1.54) is 12.0 Å². The zero-order valence-corrected chi connectivity index (χ0v) is 14.5. The van der Waals surface area contributed by atoms with Crippen LogP contribution in [0.5, 0.6) is 0 Å². The van der Waals surface area contributed by atoms with Gasteiger partial charge in [0.15, 0.2) is 0 Å². The minimum absolute atomic E-state index is 0.0431. The summed E-state index contributed by atoms with van der Waals surface area (Å²) in [5, 5.41) is 6.41. The minimum Gasteiger partial charge on any atom is -0.465 e. The van der Waals surface area contributed by atoms with Gasteiger partial charge in [-0.15, -0.1) is 11.3 Å². The van der Waals surface area contributed by atoms with E-state index in [-0.39, 0.29) is 5.56 Å². The van der Waals surface area contributed by atoms with Crippen molar-refractivity contribution in [3.63, 3.8) is 0 Å². The van der Waals surface area contributed by atoms with Crippen LogP contribution in [0, 0.1) is 0 Å². The lowest BCUT2D eigenvalue weighted by atomic mass is 10.1. The molecule has 0 fully saturated rings. The maximum Gasteiger partial charge on any atom is 0.345 e. The van der Waals surface area contributed by atoms with Gasteiger partial charge in [0.05, 0.1) is 18.3 Å². The molecule has 2 heterocycles. The molecule has 0 unspecified atom stereocenters. The first kappa shape index (κ1) is 16.5. The van der Waals surface area contributed by atoms with Crippen LogP contribution in [0.4, 0.5) is 5.69 Å². The normalized spacial score (nSPS) is 10.8. The Balaban J connectivity index is 2.05. The number of carbonyl (C=O) groups excluding carboxylic acids is 1. The first-order chi connectivity index (χ1) is 11.6. The largest absolute Gasteiger partial charge is 0.465 e. The summed E-state index contributed by atoms with van der Waals surface area (Å²) in [7, 11) is 1.25. The summed E-state index contributed by atoms with van der Waals surface area (Å²) < 4.78 is 4.76. The molecule has 0 aliphatic rings. The van der Waals surface area contributed by atoms with Crippen LogP contribution < -0.4 is 10.9 Å². The molecule has 0 radical (unpaired) electrons. The van der Waals surface area contributed by atoms with E-state index >= 15 is 0 Å². The molecule has 7 heteroatoms. The van der Waals surface area contributed by atoms with E-state index in [0.717, 1.165) is 6.42 Å². The number of ether oxygens (including phenoxy) is 1. The molecule has 3 rings (SSSR count). The second kappa shape index (κ2) is 7.07. The molecule has 0 spiro atoms. The second-order valence-corrected chi connectivity index (χ2v) is 6.61. The summed E-state index contributed by atoms with van der Waals surface area (Å²) in [4.78, 5) is 28.3. The zero-order chi connectivity index (χ0) is 17.1. The van der Waals surface area contributed by atoms with Crippen molar-refractivity contribution in [2.45, 2.75) is 6.42 Å². The Bertz CT molecular complexity index is 935. The van der Waals surface area contributed by atoms with E-state index in [4.69, 9.17) is 16.3 Å². The highest BCUT2D eigenvalue weighted by Gasteiger charge is 2.20. The number of aromatic amines is 1. The highest BCUT2D eigenvalue weighted by molar-refractivity contribution is 7.09. The van der Waals surface area contributed by atoms with Crippen LogP contribution in [0.15, 0.2) is 40.5 Å². The van der Waals surface area contributed by atoms with Gasteiger partial charge >= 0.3 is 5.97 Å². The molecule has 0 atom stereocenters. The van der Waals surface area contributed by atoms with E-state index in [1.54, 1.807) is 29.5 Å². The maximum absolute atomic E-state index is 12.3. The van der Waals surface area contributed by atoms with Gasteiger partial charge in [0.2, 0.25) is 0 Å². The number of rotatable bonds is 5. The van der Waals surface area contributed by atoms with Gasteiger partial charge in [-0.3, -0.25) is 4.79 Å². The Hall–Kier alpha value is -2.31. The van der Waals surface area contributed by atoms with Crippen molar-refractivity contribution in [2.75, 3.05) is 19.0 Å². The SMILES string of the molecule is COC(=O)c1c(NCCc2cccs2)c2cc(Cl)ccc2[nH]c1=O. The molecule has 0 aliphatic heterocycles. The number of hydrogen-bond donors (Lipinski definition) is 2. The monoisotopic (exact) mass is 362 g/mol. The first-order valence-corrected chi connectivity index (χ1v) is 8.56.